The summed E-state index contributed by atoms with van der Waals surface area (Å²) >= 11 is 0. The molecule has 0 amide bonds. The number of rotatable bonds is 4. The second kappa shape index (κ2) is 4.92. The molecule has 0 spiro atoms. The van der Waals surface area contributed by atoms with Gasteiger partial charge < -0.3 is 9.47 Å². The summed E-state index contributed by atoms with van der Waals surface area (Å²) < 4.78 is 10.8. The largest absolute Gasteiger partial charge is 0.478 e. The molecule has 1 aliphatic carbocycles. The van der Waals surface area contributed by atoms with Crippen molar-refractivity contribution in [3.8, 4) is 5.75 Å². The predicted molar refractivity (Wildman–Crippen MR) is 73.1 cm³/mol. The van der Waals surface area contributed by atoms with Crippen molar-refractivity contribution in [1.29, 1.82) is 0 Å². The standard InChI is InChI=1S/C16H16O3/c1-18-16(17)15(12-9-10-12)19-14-8-4-6-11-5-2-3-7-13(11)14/h2-8,12,15H,9-10H2,1H3. The van der Waals surface area contributed by atoms with Gasteiger partial charge >= 0.3 is 5.97 Å². The fourth-order valence-corrected chi connectivity index (χ4v) is 2.29. The summed E-state index contributed by atoms with van der Waals surface area (Å²) in [5, 5.41) is 2.14. The van der Waals surface area contributed by atoms with E-state index < -0.39 is 6.10 Å². The summed E-state index contributed by atoms with van der Waals surface area (Å²) in [6.45, 7) is 0. The van der Waals surface area contributed by atoms with Gasteiger partial charge in [-0.25, -0.2) is 4.79 Å². The quantitative estimate of drug-likeness (QED) is 0.788. The number of carbonyl (C=O) groups is 1. The Labute approximate surface area is 112 Å². The van der Waals surface area contributed by atoms with Gasteiger partial charge in [-0.05, 0) is 24.3 Å². The zero-order valence-electron chi connectivity index (χ0n) is 10.8. The number of fused-ring (bicyclic) bond motifs is 1. The van der Waals surface area contributed by atoms with E-state index in [1.54, 1.807) is 0 Å². The molecule has 1 aliphatic rings. The Balaban J connectivity index is 1.93. The lowest BCUT2D eigenvalue weighted by molar-refractivity contribution is -0.149. The lowest BCUT2D eigenvalue weighted by atomic mass is 10.1. The van der Waals surface area contributed by atoms with Crippen LogP contribution in [-0.2, 0) is 9.53 Å². The summed E-state index contributed by atoms with van der Waals surface area (Å²) in [7, 11) is 1.41. The molecular weight excluding hydrogens is 240 g/mol. The van der Waals surface area contributed by atoms with Crippen LogP contribution in [0.5, 0.6) is 5.75 Å². The molecule has 3 rings (SSSR count). The molecular formula is C16H16O3. The van der Waals surface area contributed by atoms with E-state index in [1.165, 1.54) is 7.11 Å². The van der Waals surface area contributed by atoms with Crippen molar-refractivity contribution in [1.82, 2.24) is 0 Å². The topological polar surface area (TPSA) is 35.5 Å². The van der Waals surface area contributed by atoms with E-state index in [-0.39, 0.29) is 5.97 Å². The Morgan fingerprint density at radius 3 is 2.63 bits per heavy atom. The van der Waals surface area contributed by atoms with Gasteiger partial charge in [0.15, 0.2) is 6.10 Å². The van der Waals surface area contributed by atoms with Crippen LogP contribution in [0.25, 0.3) is 10.8 Å². The zero-order valence-corrected chi connectivity index (χ0v) is 10.8. The molecule has 1 unspecified atom stereocenters. The Kier molecular flexibility index (Phi) is 3.11. The first-order valence-electron chi connectivity index (χ1n) is 6.52. The van der Waals surface area contributed by atoms with Crippen LogP contribution in [0.15, 0.2) is 42.5 Å². The van der Waals surface area contributed by atoms with Crippen LogP contribution in [0.3, 0.4) is 0 Å². The Morgan fingerprint density at radius 1 is 1.16 bits per heavy atom. The average Bonchev–Trinajstić information content (AvgIpc) is 3.28. The van der Waals surface area contributed by atoms with Crippen LogP contribution >= 0.6 is 0 Å². The van der Waals surface area contributed by atoms with Gasteiger partial charge in [-0.3, -0.25) is 0 Å². The third-order valence-electron chi connectivity index (χ3n) is 3.49. The highest BCUT2D eigenvalue weighted by Crippen LogP contribution is 2.37. The second-order valence-corrected chi connectivity index (χ2v) is 4.88. The third-order valence-corrected chi connectivity index (χ3v) is 3.49. The van der Waals surface area contributed by atoms with E-state index >= 15 is 0 Å². The number of methoxy groups -OCH3 is 1. The molecule has 0 saturated heterocycles. The molecule has 1 fully saturated rings. The van der Waals surface area contributed by atoms with Gasteiger partial charge in [-0.2, -0.15) is 0 Å². The number of esters is 1. The van der Waals surface area contributed by atoms with Gasteiger partial charge in [0.2, 0.25) is 0 Å². The molecule has 2 aromatic carbocycles. The minimum atomic E-state index is -0.476. The van der Waals surface area contributed by atoms with Crippen LogP contribution in [0.4, 0.5) is 0 Å². The maximum Gasteiger partial charge on any atom is 0.347 e. The lowest BCUT2D eigenvalue weighted by Crippen LogP contribution is -2.30. The Bertz CT molecular complexity index is 596. The van der Waals surface area contributed by atoms with Crippen molar-refractivity contribution in [3.63, 3.8) is 0 Å². The normalized spacial score (nSPS) is 16.1. The van der Waals surface area contributed by atoms with Crippen molar-refractivity contribution in [2.75, 3.05) is 7.11 Å². The number of hydrogen-bond acceptors (Lipinski definition) is 3. The third kappa shape index (κ3) is 2.41. The van der Waals surface area contributed by atoms with E-state index in [9.17, 15) is 4.79 Å². The van der Waals surface area contributed by atoms with Crippen molar-refractivity contribution in [2.24, 2.45) is 5.92 Å². The summed E-state index contributed by atoms with van der Waals surface area (Å²) in [5.41, 5.74) is 0. The summed E-state index contributed by atoms with van der Waals surface area (Å²) in [6.07, 6.45) is 1.59. The molecule has 3 heteroatoms. The fraction of sp³-hybridized carbons (Fsp3) is 0.312. The van der Waals surface area contributed by atoms with Crippen molar-refractivity contribution < 1.29 is 14.3 Å². The summed E-state index contributed by atoms with van der Waals surface area (Å²) in [4.78, 5) is 11.8. The monoisotopic (exact) mass is 256 g/mol. The zero-order chi connectivity index (χ0) is 13.2. The molecule has 0 radical (unpaired) electrons. The highest BCUT2D eigenvalue weighted by Gasteiger charge is 2.39. The molecule has 1 atom stereocenters. The molecule has 2 aromatic rings. The highest BCUT2D eigenvalue weighted by molar-refractivity contribution is 5.88. The lowest BCUT2D eigenvalue weighted by Gasteiger charge is -2.17. The maximum absolute atomic E-state index is 11.8. The maximum atomic E-state index is 11.8. The first-order valence-corrected chi connectivity index (χ1v) is 6.52. The second-order valence-electron chi connectivity index (χ2n) is 4.88. The average molecular weight is 256 g/mol. The molecule has 1 saturated carbocycles. The van der Waals surface area contributed by atoms with Crippen LogP contribution in [-0.4, -0.2) is 19.2 Å². The summed E-state index contributed by atoms with van der Waals surface area (Å²) in [5.74, 6) is 0.766. The molecule has 98 valence electrons. The van der Waals surface area contributed by atoms with Crippen molar-refractivity contribution >= 4 is 16.7 Å². The van der Waals surface area contributed by atoms with Crippen LogP contribution in [0.1, 0.15) is 12.8 Å². The molecule has 0 aliphatic heterocycles. The van der Waals surface area contributed by atoms with Crippen molar-refractivity contribution in [3.05, 3.63) is 42.5 Å². The van der Waals surface area contributed by atoms with E-state index in [0.29, 0.717) is 5.92 Å². The number of ether oxygens (including phenoxy) is 2. The number of benzene rings is 2. The van der Waals surface area contributed by atoms with Gasteiger partial charge in [0.05, 0.1) is 7.11 Å². The van der Waals surface area contributed by atoms with E-state index in [0.717, 1.165) is 29.4 Å². The predicted octanol–water partition coefficient (Wildman–Crippen LogP) is 3.17. The van der Waals surface area contributed by atoms with Gasteiger partial charge in [0.1, 0.15) is 5.75 Å². The van der Waals surface area contributed by atoms with E-state index in [2.05, 4.69) is 0 Å². The Hall–Kier alpha value is -2.03. The number of hydrogen-bond donors (Lipinski definition) is 0. The number of carbonyl (C=O) groups excluding carboxylic acids is 1. The van der Waals surface area contributed by atoms with Gasteiger partial charge in [-0.15, -0.1) is 0 Å². The Morgan fingerprint density at radius 2 is 1.89 bits per heavy atom. The van der Waals surface area contributed by atoms with Crippen LogP contribution in [0.2, 0.25) is 0 Å². The molecule has 0 N–H and O–H groups in total. The van der Waals surface area contributed by atoms with E-state index in [1.807, 2.05) is 42.5 Å². The van der Waals surface area contributed by atoms with Crippen LogP contribution in [0, 0.1) is 5.92 Å². The molecule has 19 heavy (non-hydrogen) atoms. The van der Waals surface area contributed by atoms with Gasteiger partial charge in [-0.1, -0.05) is 36.4 Å². The van der Waals surface area contributed by atoms with Crippen LogP contribution < -0.4 is 4.74 Å². The smallest absolute Gasteiger partial charge is 0.347 e. The molecule has 3 nitrogen and oxygen atoms in total. The van der Waals surface area contributed by atoms with Gasteiger partial charge in [0, 0.05) is 11.3 Å². The summed E-state index contributed by atoms with van der Waals surface area (Å²) in [6, 6.07) is 13.9. The first-order chi connectivity index (χ1) is 9.29. The minimum absolute atomic E-state index is 0.282. The van der Waals surface area contributed by atoms with E-state index in [4.69, 9.17) is 9.47 Å². The first kappa shape index (κ1) is 12.0. The fourth-order valence-electron chi connectivity index (χ4n) is 2.29. The highest BCUT2D eigenvalue weighted by atomic mass is 16.6. The van der Waals surface area contributed by atoms with Gasteiger partial charge in [0.25, 0.3) is 0 Å². The van der Waals surface area contributed by atoms with Crippen molar-refractivity contribution in [2.45, 2.75) is 18.9 Å². The molecule has 0 bridgehead atoms. The molecule has 0 heterocycles. The minimum Gasteiger partial charge on any atom is -0.478 e. The SMILES string of the molecule is COC(=O)C(Oc1cccc2ccccc12)C1CC1. The molecule has 0 aromatic heterocycles.